The van der Waals surface area contributed by atoms with Gasteiger partial charge in [0, 0.05) is 6.54 Å². The standard InChI is InChI=1S/C7H10N2O.ClH/c1-10-7-5-9-3-2-6(7)4-8;/h9H,2-3,5H2,1H3;1H. The molecule has 0 radical (unpaired) electrons. The summed E-state index contributed by atoms with van der Waals surface area (Å²) in [5.74, 6) is 0.786. The maximum Gasteiger partial charge on any atom is 0.123 e. The van der Waals surface area contributed by atoms with Crippen LogP contribution in [0.15, 0.2) is 11.3 Å². The largest absolute Gasteiger partial charge is 0.499 e. The van der Waals surface area contributed by atoms with Gasteiger partial charge in [-0.15, -0.1) is 12.4 Å². The molecule has 0 unspecified atom stereocenters. The zero-order valence-electron chi connectivity index (χ0n) is 6.39. The van der Waals surface area contributed by atoms with Crippen molar-refractivity contribution in [1.29, 1.82) is 5.26 Å². The summed E-state index contributed by atoms with van der Waals surface area (Å²) < 4.78 is 4.99. The fraction of sp³-hybridized carbons (Fsp3) is 0.571. The quantitative estimate of drug-likeness (QED) is 0.641. The first kappa shape index (κ1) is 10.3. The zero-order valence-corrected chi connectivity index (χ0v) is 7.20. The van der Waals surface area contributed by atoms with Gasteiger partial charge in [-0.25, -0.2) is 0 Å². The molecular formula is C7H11ClN2O. The maximum atomic E-state index is 8.58. The number of ether oxygens (including phenoxy) is 1. The van der Waals surface area contributed by atoms with Crippen LogP contribution in [0.5, 0.6) is 0 Å². The Morgan fingerprint density at radius 1 is 1.64 bits per heavy atom. The summed E-state index contributed by atoms with van der Waals surface area (Å²) in [6, 6.07) is 2.12. The number of hydrogen-bond donors (Lipinski definition) is 1. The fourth-order valence-electron chi connectivity index (χ4n) is 0.975. The number of methoxy groups -OCH3 is 1. The number of halogens is 1. The van der Waals surface area contributed by atoms with Crippen LogP contribution in [0.4, 0.5) is 0 Å². The van der Waals surface area contributed by atoms with Crippen LogP contribution >= 0.6 is 12.4 Å². The Balaban J connectivity index is 0.000001000. The molecule has 3 nitrogen and oxygen atoms in total. The molecule has 0 bridgehead atoms. The van der Waals surface area contributed by atoms with Gasteiger partial charge in [0.2, 0.25) is 0 Å². The number of hydrogen-bond acceptors (Lipinski definition) is 3. The Labute approximate surface area is 72.4 Å². The molecule has 1 aliphatic heterocycles. The Morgan fingerprint density at radius 3 is 2.82 bits per heavy atom. The van der Waals surface area contributed by atoms with Crippen LogP contribution < -0.4 is 5.32 Å². The van der Waals surface area contributed by atoms with Crippen molar-refractivity contribution in [2.45, 2.75) is 6.42 Å². The van der Waals surface area contributed by atoms with Crippen LogP contribution in [0.1, 0.15) is 6.42 Å². The minimum absolute atomic E-state index is 0. The van der Waals surface area contributed by atoms with Gasteiger partial charge in [-0.05, 0) is 6.42 Å². The van der Waals surface area contributed by atoms with Crippen LogP contribution in [0.25, 0.3) is 0 Å². The number of nitrogens with zero attached hydrogens (tertiary/aromatic N) is 1. The van der Waals surface area contributed by atoms with E-state index in [0.717, 1.165) is 24.3 Å². The van der Waals surface area contributed by atoms with Gasteiger partial charge in [0.1, 0.15) is 5.76 Å². The third-order valence-electron chi connectivity index (χ3n) is 1.56. The van der Waals surface area contributed by atoms with Crippen LogP contribution in [-0.4, -0.2) is 20.2 Å². The lowest BCUT2D eigenvalue weighted by Crippen LogP contribution is -2.25. The third-order valence-corrected chi connectivity index (χ3v) is 1.56. The summed E-state index contributed by atoms with van der Waals surface area (Å²) in [4.78, 5) is 0. The number of nitriles is 1. The highest BCUT2D eigenvalue weighted by molar-refractivity contribution is 5.85. The van der Waals surface area contributed by atoms with Gasteiger partial charge < -0.3 is 10.1 Å². The highest BCUT2D eigenvalue weighted by Crippen LogP contribution is 2.10. The predicted molar refractivity (Wildman–Crippen MR) is 44.4 cm³/mol. The molecule has 1 heterocycles. The van der Waals surface area contributed by atoms with E-state index < -0.39 is 0 Å². The molecule has 0 fully saturated rings. The van der Waals surface area contributed by atoms with Crippen molar-refractivity contribution in [3.63, 3.8) is 0 Å². The normalized spacial score (nSPS) is 16.7. The molecule has 0 saturated heterocycles. The third kappa shape index (κ3) is 2.41. The van der Waals surface area contributed by atoms with E-state index in [1.807, 2.05) is 0 Å². The van der Waals surface area contributed by atoms with Gasteiger partial charge in [0.25, 0.3) is 0 Å². The zero-order chi connectivity index (χ0) is 7.40. The number of rotatable bonds is 1. The van der Waals surface area contributed by atoms with E-state index in [0.29, 0.717) is 6.54 Å². The first-order valence-corrected chi connectivity index (χ1v) is 3.25. The van der Waals surface area contributed by atoms with Gasteiger partial charge in [0.05, 0.1) is 25.3 Å². The molecule has 1 aliphatic rings. The van der Waals surface area contributed by atoms with Crippen molar-refractivity contribution in [2.24, 2.45) is 0 Å². The Kier molecular flexibility index (Phi) is 4.67. The number of nitrogens with one attached hydrogen (secondary N) is 1. The average molecular weight is 175 g/mol. The maximum absolute atomic E-state index is 8.58. The fourth-order valence-corrected chi connectivity index (χ4v) is 0.975. The molecule has 0 atom stereocenters. The van der Waals surface area contributed by atoms with Gasteiger partial charge in [-0.3, -0.25) is 0 Å². The second-order valence-corrected chi connectivity index (χ2v) is 2.14. The van der Waals surface area contributed by atoms with Crippen molar-refractivity contribution < 1.29 is 4.74 Å². The monoisotopic (exact) mass is 174 g/mol. The lowest BCUT2D eigenvalue weighted by atomic mass is 10.1. The molecular weight excluding hydrogens is 164 g/mol. The van der Waals surface area contributed by atoms with Crippen LogP contribution in [0.3, 0.4) is 0 Å². The summed E-state index contributed by atoms with van der Waals surface area (Å²) in [7, 11) is 1.60. The molecule has 1 N–H and O–H groups in total. The van der Waals surface area contributed by atoms with Crippen molar-refractivity contribution in [3.8, 4) is 6.07 Å². The Bertz CT molecular complexity index is 195. The van der Waals surface area contributed by atoms with E-state index >= 15 is 0 Å². The van der Waals surface area contributed by atoms with Crippen LogP contribution in [-0.2, 0) is 4.74 Å². The van der Waals surface area contributed by atoms with Gasteiger partial charge in [-0.1, -0.05) is 0 Å². The van der Waals surface area contributed by atoms with E-state index in [1.54, 1.807) is 7.11 Å². The summed E-state index contributed by atoms with van der Waals surface area (Å²) >= 11 is 0. The molecule has 0 saturated carbocycles. The van der Waals surface area contributed by atoms with Gasteiger partial charge in [-0.2, -0.15) is 5.26 Å². The molecule has 1 rings (SSSR count). The summed E-state index contributed by atoms with van der Waals surface area (Å²) in [5.41, 5.74) is 0.779. The minimum Gasteiger partial charge on any atom is -0.499 e. The topological polar surface area (TPSA) is 45.0 Å². The van der Waals surface area contributed by atoms with Crippen LogP contribution in [0.2, 0.25) is 0 Å². The van der Waals surface area contributed by atoms with Gasteiger partial charge >= 0.3 is 0 Å². The molecule has 0 aromatic heterocycles. The summed E-state index contributed by atoms with van der Waals surface area (Å²) in [5, 5.41) is 11.7. The van der Waals surface area contributed by atoms with E-state index in [4.69, 9.17) is 10.00 Å². The Morgan fingerprint density at radius 2 is 2.36 bits per heavy atom. The smallest absolute Gasteiger partial charge is 0.123 e. The average Bonchev–Trinajstić information content (AvgIpc) is 2.04. The highest BCUT2D eigenvalue weighted by atomic mass is 35.5. The van der Waals surface area contributed by atoms with Crippen molar-refractivity contribution in [1.82, 2.24) is 5.32 Å². The van der Waals surface area contributed by atoms with Gasteiger partial charge in [0.15, 0.2) is 0 Å². The summed E-state index contributed by atoms with van der Waals surface area (Å²) in [6.07, 6.45) is 0.791. The second kappa shape index (κ2) is 5.00. The molecule has 11 heavy (non-hydrogen) atoms. The second-order valence-electron chi connectivity index (χ2n) is 2.14. The van der Waals surface area contributed by atoms with E-state index in [1.165, 1.54) is 0 Å². The molecule has 62 valence electrons. The predicted octanol–water partition coefficient (Wildman–Crippen LogP) is 0.826. The molecule has 4 heteroatoms. The SMILES string of the molecule is COC1=C(C#N)CCNC1.Cl. The van der Waals surface area contributed by atoms with Crippen molar-refractivity contribution in [3.05, 3.63) is 11.3 Å². The van der Waals surface area contributed by atoms with Crippen molar-refractivity contribution >= 4 is 12.4 Å². The molecule has 0 aromatic carbocycles. The van der Waals surface area contributed by atoms with E-state index in [-0.39, 0.29) is 12.4 Å². The lowest BCUT2D eigenvalue weighted by Gasteiger charge is -2.15. The Hall–Kier alpha value is -0.720. The first-order chi connectivity index (χ1) is 4.88. The molecule has 0 aliphatic carbocycles. The molecule has 0 amide bonds. The molecule has 0 spiro atoms. The van der Waals surface area contributed by atoms with E-state index in [2.05, 4.69) is 11.4 Å². The minimum atomic E-state index is 0. The molecule has 0 aromatic rings. The highest BCUT2D eigenvalue weighted by Gasteiger charge is 2.10. The van der Waals surface area contributed by atoms with Crippen LogP contribution in [0, 0.1) is 11.3 Å². The van der Waals surface area contributed by atoms with Crippen molar-refractivity contribution in [2.75, 3.05) is 20.2 Å². The summed E-state index contributed by atoms with van der Waals surface area (Å²) in [6.45, 7) is 1.58. The lowest BCUT2D eigenvalue weighted by molar-refractivity contribution is 0.269. The first-order valence-electron chi connectivity index (χ1n) is 3.25. The van der Waals surface area contributed by atoms with E-state index in [9.17, 15) is 0 Å².